The van der Waals surface area contributed by atoms with Crippen LogP contribution in [0.25, 0.3) is 21.2 Å². The molecule has 4 aliphatic heterocycles. The molecule has 4 N–H and O–H groups in total. The summed E-state index contributed by atoms with van der Waals surface area (Å²) < 4.78 is 18.5. The fourth-order valence-corrected chi connectivity index (χ4v) is 11.7. The first-order valence-electron chi connectivity index (χ1n) is 26.2. The number of likely N-dealkylation sites (N-methyl/N-ethyl adjacent to an activating group) is 1. The molecular weight excluding hydrogens is 971 g/mol. The molecule has 0 spiro atoms. The summed E-state index contributed by atoms with van der Waals surface area (Å²) in [6.45, 7) is 14.2. The number of hydrogen-bond donors (Lipinski definition) is 4. The van der Waals surface area contributed by atoms with Crippen molar-refractivity contribution in [3.05, 3.63) is 94.8 Å². The molecule has 3 saturated heterocycles. The lowest BCUT2D eigenvalue weighted by Crippen LogP contribution is -2.58. The SMILES string of the molecule is Cc1ncsc1-c1ccc([C@H](C)NC(=O)[C@@H]2C[C@@H](O)CN2C(=O)C(NC(=O)COCCO[C@@H]2C[C@@H](COc3nc4c(c(N5CCNC(CC#N)C5)n3)CCN(c3cccc5ccccc35)C4)N(C)C2)C(C)(C)C)cc1. The number of β-amino-alcohol motifs (C(OH)–C–C–N with tert-alkyl or cyclic N) is 1. The van der Waals surface area contributed by atoms with Crippen LogP contribution in [0.15, 0.2) is 72.2 Å². The van der Waals surface area contributed by atoms with E-state index in [1.54, 1.807) is 11.3 Å². The number of anilines is 2. The van der Waals surface area contributed by atoms with E-state index in [4.69, 9.17) is 24.2 Å². The van der Waals surface area contributed by atoms with Crippen LogP contribution in [0.5, 0.6) is 6.01 Å². The van der Waals surface area contributed by atoms with Crippen LogP contribution in [-0.4, -0.2) is 157 Å². The molecule has 0 saturated carbocycles. The van der Waals surface area contributed by atoms with Crippen molar-refractivity contribution in [1.82, 2.24) is 40.7 Å². The van der Waals surface area contributed by atoms with Crippen LogP contribution in [0.3, 0.4) is 0 Å². The van der Waals surface area contributed by atoms with Gasteiger partial charge in [0.15, 0.2) is 0 Å². The van der Waals surface area contributed by atoms with E-state index in [9.17, 15) is 24.8 Å². The van der Waals surface area contributed by atoms with Gasteiger partial charge in [-0.1, -0.05) is 81.4 Å². The number of aliphatic hydroxyl groups excluding tert-OH is 1. The number of ether oxygens (including phenoxy) is 3. The first-order valence-corrected chi connectivity index (χ1v) is 27.1. The number of piperazine rings is 1. The average Bonchev–Trinajstić information content (AvgIpc) is 4.13. The maximum absolute atomic E-state index is 14.2. The molecule has 398 valence electrons. The number of aryl methyl sites for hydroxylation is 1. The third-order valence-corrected chi connectivity index (χ3v) is 15.9. The number of nitriles is 1. The molecule has 4 aliphatic rings. The van der Waals surface area contributed by atoms with E-state index in [1.807, 2.05) is 71.4 Å². The summed E-state index contributed by atoms with van der Waals surface area (Å²) in [4.78, 5) is 65.1. The summed E-state index contributed by atoms with van der Waals surface area (Å²) in [5.41, 5.74) is 7.28. The standard InChI is InChI=1S/C56H71N11O7S/c1-35(37-14-16-39(17-15-37)50-36(2)59-34-75-50)60-53(70)48-27-42(68)29-67(48)54(71)51(56(3,4)5)62-49(69)33-72-24-25-73-43-26-41(64(6)30-43)32-74-55-61-46-31-65(47-13-9-11-38-10-7-8-12-44(38)47)22-19-45(46)52(63-55)66-23-21-58-40(28-66)18-20-57/h7-17,34-35,40-43,48,51,58,68H,18-19,21-33H2,1-6H3,(H,60,70)(H,62,69)/t35-,40?,41-,42+,43+,48-,51?/m0/s1. The molecule has 18 nitrogen and oxygen atoms in total. The fourth-order valence-electron chi connectivity index (χ4n) is 10.8. The van der Waals surface area contributed by atoms with Crippen molar-refractivity contribution in [3.8, 4) is 22.5 Å². The zero-order valence-electron chi connectivity index (χ0n) is 44.0. The van der Waals surface area contributed by atoms with E-state index >= 15 is 0 Å². The topological polar surface area (TPSA) is 211 Å². The van der Waals surface area contributed by atoms with Crippen molar-refractivity contribution in [2.75, 3.05) is 82.5 Å². The van der Waals surface area contributed by atoms with Crippen LogP contribution in [0, 0.1) is 23.7 Å². The van der Waals surface area contributed by atoms with Gasteiger partial charge in [0.05, 0.1) is 72.3 Å². The summed E-state index contributed by atoms with van der Waals surface area (Å²) in [7, 11) is 2.05. The molecule has 0 radical (unpaired) electrons. The second-order valence-corrected chi connectivity index (χ2v) is 22.3. The second-order valence-electron chi connectivity index (χ2n) is 21.5. The van der Waals surface area contributed by atoms with Crippen molar-refractivity contribution in [2.24, 2.45) is 5.41 Å². The number of benzene rings is 3. The molecule has 3 fully saturated rings. The summed E-state index contributed by atoms with van der Waals surface area (Å²) in [6, 6.07) is 23.4. The van der Waals surface area contributed by atoms with Gasteiger partial charge < -0.3 is 50.0 Å². The number of rotatable bonds is 18. The molecule has 3 amide bonds. The van der Waals surface area contributed by atoms with Gasteiger partial charge in [-0.15, -0.1) is 11.3 Å². The van der Waals surface area contributed by atoms with Crippen molar-refractivity contribution in [2.45, 2.75) is 109 Å². The Balaban J connectivity index is 0.752. The number of hydrogen-bond acceptors (Lipinski definition) is 16. The highest BCUT2D eigenvalue weighted by atomic mass is 32.1. The Morgan fingerprint density at radius 1 is 0.973 bits per heavy atom. The van der Waals surface area contributed by atoms with Crippen LogP contribution in [0.2, 0.25) is 0 Å². The van der Waals surface area contributed by atoms with Gasteiger partial charge in [-0.25, -0.2) is 4.98 Å². The van der Waals surface area contributed by atoms with E-state index in [-0.39, 0.29) is 62.9 Å². The molecular formula is C56H71N11O7S. The van der Waals surface area contributed by atoms with E-state index in [1.165, 1.54) is 21.4 Å². The Labute approximate surface area is 443 Å². The lowest BCUT2D eigenvalue weighted by Gasteiger charge is -2.37. The van der Waals surface area contributed by atoms with Crippen LogP contribution >= 0.6 is 11.3 Å². The highest BCUT2D eigenvalue weighted by Gasteiger charge is 2.45. The molecule has 6 heterocycles. The predicted octanol–water partition coefficient (Wildman–Crippen LogP) is 5.17. The minimum Gasteiger partial charge on any atom is -0.462 e. The van der Waals surface area contributed by atoms with Gasteiger partial charge in [0.1, 0.15) is 31.1 Å². The number of aromatic nitrogens is 3. The minimum absolute atomic E-state index is 0.0230. The van der Waals surface area contributed by atoms with Crippen LogP contribution in [0.1, 0.15) is 75.5 Å². The molecule has 19 heteroatoms. The zero-order valence-corrected chi connectivity index (χ0v) is 44.8. The third-order valence-electron chi connectivity index (χ3n) is 15.0. The third kappa shape index (κ3) is 12.7. The number of fused-ring (bicyclic) bond motifs is 2. The van der Waals surface area contributed by atoms with Crippen molar-refractivity contribution >= 4 is 51.3 Å². The first kappa shape index (κ1) is 53.6. The fraction of sp³-hybridized carbons (Fsp3) is 0.518. The number of carbonyl (C=O) groups excluding carboxylic acids is 3. The van der Waals surface area contributed by atoms with Gasteiger partial charge >= 0.3 is 6.01 Å². The molecule has 2 aromatic heterocycles. The van der Waals surface area contributed by atoms with Crippen LogP contribution < -0.4 is 30.5 Å². The lowest BCUT2D eigenvalue weighted by atomic mass is 9.85. The number of nitrogens with one attached hydrogen (secondary N) is 3. The van der Waals surface area contributed by atoms with E-state index in [2.05, 4.69) is 84.2 Å². The summed E-state index contributed by atoms with van der Waals surface area (Å²) in [6.07, 6.45) is 1.05. The highest BCUT2D eigenvalue weighted by molar-refractivity contribution is 7.13. The largest absolute Gasteiger partial charge is 0.462 e. The van der Waals surface area contributed by atoms with Crippen LogP contribution in [-0.2, 0) is 36.8 Å². The molecule has 75 heavy (non-hydrogen) atoms. The zero-order chi connectivity index (χ0) is 52.8. The molecule has 5 aromatic rings. The number of nitrogens with zero attached hydrogens (tertiary/aromatic N) is 8. The van der Waals surface area contributed by atoms with Gasteiger partial charge in [0.2, 0.25) is 17.7 Å². The molecule has 0 aliphatic carbocycles. The van der Waals surface area contributed by atoms with Gasteiger partial charge in [-0.3, -0.25) is 19.3 Å². The lowest BCUT2D eigenvalue weighted by molar-refractivity contribution is -0.144. The highest BCUT2D eigenvalue weighted by Crippen LogP contribution is 2.35. The number of carbonyl (C=O) groups is 3. The molecule has 2 unspecified atom stereocenters. The summed E-state index contributed by atoms with van der Waals surface area (Å²) in [5.74, 6) is -0.396. The number of aliphatic hydroxyl groups is 1. The average molecular weight is 1040 g/mol. The summed E-state index contributed by atoms with van der Waals surface area (Å²) >= 11 is 1.58. The first-order chi connectivity index (χ1) is 36.1. The Hall–Kier alpha value is -6.27. The molecule has 7 atom stereocenters. The van der Waals surface area contributed by atoms with Gasteiger partial charge in [0, 0.05) is 74.4 Å². The van der Waals surface area contributed by atoms with Crippen molar-refractivity contribution in [1.29, 1.82) is 5.26 Å². The Morgan fingerprint density at radius 2 is 1.77 bits per heavy atom. The number of likely N-dealkylation sites (tertiary alicyclic amines) is 2. The summed E-state index contributed by atoms with van der Waals surface area (Å²) in [5, 5.41) is 32.0. The van der Waals surface area contributed by atoms with Crippen molar-refractivity contribution < 1.29 is 33.7 Å². The van der Waals surface area contributed by atoms with Crippen LogP contribution in [0.4, 0.5) is 11.5 Å². The molecule has 3 aromatic carbocycles. The minimum atomic E-state index is -0.981. The maximum atomic E-state index is 14.2. The number of amides is 3. The van der Waals surface area contributed by atoms with E-state index in [0.717, 1.165) is 71.2 Å². The Kier molecular flexibility index (Phi) is 16.9. The predicted molar refractivity (Wildman–Crippen MR) is 288 cm³/mol. The second kappa shape index (κ2) is 23.7. The molecule has 0 bridgehead atoms. The normalized spacial score (nSPS) is 21.9. The monoisotopic (exact) mass is 1040 g/mol. The Bertz CT molecular complexity index is 2850. The molecule has 9 rings (SSSR count). The smallest absolute Gasteiger partial charge is 0.318 e. The van der Waals surface area contributed by atoms with Gasteiger partial charge in [-0.05, 0) is 61.7 Å². The van der Waals surface area contributed by atoms with Crippen molar-refractivity contribution in [3.63, 3.8) is 0 Å². The Morgan fingerprint density at radius 3 is 2.55 bits per heavy atom. The van der Waals surface area contributed by atoms with Gasteiger partial charge in [-0.2, -0.15) is 15.2 Å². The van der Waals surface area contributed by atoms with E-state index in [0.29, 0.717) is 38.7 Å². The van der Waals surface area contributed by atoms with Gasteiger partial charge in [0.25, 0.3) is 0 Å². The van der Waals surface area contributed by atoms with E-state index < -0.39 is 35.4 Å². The maximum Gasteiger partial charge on any atom is 0.318 e. The quantitative estimate of drug-likeness (QED) is 0.0835. The number of thiazole rings is 1.